The van der Waals surface area contributed by atoms with Crippen LogP contribution in [0.25, 0.3) is 0 Å². The molecule has 0 radical (unpaired) electrons. The molecule has 1 aromatic carbocycles. The number of hydrogen-bond acceptors (Lipinski definition) is 7. The number of fused-ring (bicyclic) bond motifs is 4. The molecule has 0 aromatic heterocycles. The molecule has 11 heteroatoms. The predicted octanol–water partition coefficient (Wildman–Crippen LogP) is 1.44. The van der Waals surface area contributed by atoms with Crippen LogP contribution in [0.3, 0.4) is 0 Å². The third kappa shape index (κ3) is 2.75. The van der Waals surface area contributed by atoms with Gasteiger partial charge in [-0.1, -0.05) is 29.8 Å². The number of hydrogen-bond donors (Lipinski definition) is 2. The molecule has 2 N–H and O–H groups in total. The first kappa shape index (κ1) is 23.3. The van der Waals surface area contributed by atoms with E-state index >= 15 is 0 Å². The predicted molar refractivity (Wildman–Crippen MR) is 118 cm³/mol. The van der Waals surface area contributed by atoms with Crippen molar-refractivity contribution in [2.45, 2.75) is 28.5 Å². The van der Waals surface area contributed by atoms with E-state index < -0.39 is 57.0 Å². The van der Waals surface area contributed by atoms with Crippen molar-refractivity contribution in [3.63, 3.8) is 0 Å². The van der Waals surface area contributed by atoms with Crippen LogP contribution >= 0.6 is 23.2 Å². The Hall–Kier alpha value is -2.46. The van der Waals surface area contributed by atoms with Crippen molar-refractivity contribution in [2.24, 2.45) is 17.8 Å². The number of carbonyl (C=O) groups excluding carboxylic acids is 4. The number of amides is 4. The first-order valence-corrected chi connectivity index (χ1v) is 11.6. The topological polar surface area (TPSA) is 124 Å². The summed E-state index contributed by atoms with van der Waals surface area (Å²) >= 11 is 14.1. The van der Waals surface area contributed by atoms with Crippen LogP contribution in [0.5, 0.6) is 5.75 Å². The summed E-state index contributed by atoms with van der Waals surface area (Å²) in [5.74, 6) is -5.88. The number of para-hydroxylation sites is 1. The van der Waals surface area contributed by atoms with Crippen molar-refractivity contribution in [1.29, 1.82) is 0 Å². The highest BCUT2D eigenvalue weighted by molar-refractivity contribution is 6.53. The van der Waals surface area contributed by atoms with Gasteiger partial charge in [0.25, 0.3) is 23.6 Å². The number of halogens is 2. The fourth-order valence-corrected chi connectivity index (χ4v) is 7.09. The summed E-state index contributed by atoms with van der Waals surface area (Å²) in [5.41, 5.74) is 1.07. The van der Waals surface area contributed by atoms with E-state index in [0.29, 0.717) is 16.9 Å². The number of hydroxylamine groups is 2. The quantitative estimate of drug-likeness (QED) is 0.272. The molecule has 3 fully saturated rings. The highest BCUT2D eigenvalue weighted by atomic mass is 35.5. The lowest BCUT2D eigenvalue weighted by molar-refractivity contribution is -0.173. The number of ether oxygens (including phenoxy) is 1. The molecule has 0 bridgehead atoms. The summed E-state index contributed by atoms with van der Waals surface area (Å²) in [5, 5.41) is 19.4. The van der Waals surface area contributed by atoms with Crippen molar-refractivity contribution in [1.82, 2.24) is 9.96 Å². The molecule has 2 saturated heterocycles. The highest BCUT2D eigenvalue weighted by Gasteiger charge is 2.76. The van der Waals surface area contributed by atoms with Gasteiger partial charge in [-0.25, -0.2) is 0 Å². The molecule has 180 valence electrons. The van der Waals surface area contributed by atoms with Crippen molar-refractivity contribution in [2.75, 3.05) is 20.3 Å². The maximum absolute atomic E-state index is 13.5. The minimum atomic E-state index is -1.92. The molecule has 6 unspecified atom stereocenters. The Morgan fingerprint density at radius 1 is 1.09 bits per heavy atom. The number of alkyl halides is 2. The zero-order valence-electron chi connectivity index (χ0n) is 18.1. The van der Waals surface area contributed by atoms with E-state index in [9.17, 15) is 29.5 Å². The van der Waals surface area contributed by atoms with Gasteiger partial charge in [0, 0.05) is 18.5 Å². The van der Waals surface area contributed by atoms with E-state index in [1.807, 2.05) is 0 Å². The van der Waals surface area contributed by atoms with Gasteiger partial charge in [0.2, 0.25) is 0 Å². The second-order valence-corrected chi connectivity index (χ2v) is 10.3. The van der Waals surface area contributed by atoms with Crippen molar-refractivity contribution in [3.05, 3.63) is 41.5 Å². The van der Waals surface area contributed by atoms with Crippen LogP contribution in [-0.2, 0) is 19.2 Å². The maximum atomic E-state index is 13.5. The van der Waals surface area contributed by atoms with E-state index in [1.165, 1.54) is 7.05 Å². The molecule has 0 spiro atoms. The van der Waals surface area contributed by atoms with Gasteiger partial charge in [0.15, 0.2) is 9.75 Å². The fraction of sp³-hybridized carbons (Fsp3) is 0.478. The number of allylic oxidation sites excluding steroid dienone is 2. The number of aliphatic hydroxyl groups is 1. The minimum Gasteiger partial charge on any atom is -0.491 e. The van der Waals surface area contributed by atoms with Crippen molar-refractivity contribution in [3.8, 4) is 5.75 Å². The van der Waals surface area contributed by atoms with Gasteiger partial charge in [0.1, 0.15) is 12.4 Å². The Morgan fingerprint density at radius 3 is 2.50 bits per heavy atom. The lowest BCUT2D eigenvalue weighted by Gasteiger charge is -2.50. The summed E-state index contributed by atoms with van der Waals surface area (Å²) in [7, 11) is 1.31. The van der Waals surface area contributed by atoms with E-state index in [4.69, 9.17) is 27.9 Å². The van der Waals surface area contributed by atoms with Gasteiger partial charge in [-0.3, -0.25) is 29.3 Å². The molecule has 34 heavy (non-hydrogen) atoms. The minimum absolute atomic E-state index is 0.0164. The van der Waals surface area contributed by atoms with E-state index in [1.54, 1.807) is 30.3 Å². The molecule has 2 aliphatic heterocycles. The molecule has 5 rings (SSSR count). The third-order valence-electron chi connectivity index (χ3n) is 7.57. The Labute approximate surface area is 204 Å². The van der Waals surface area contributed by atoms with Gasteiger partial charge < -0.3 is 9.84 Å². The van der Waals surface area contributed by atoms with E-state index in [0.717, 1.165) is 4.90 Å². The molecule has 4 aliphatic rings. The number of likely N-dealkylation sites (tertiary alicyclic amines) is 1. The van der Waals surface area contributed by atoms with Crippen LogP contribution in [0.2, 0.25) is 0 Å². The number of carbonyl (C=O) groups is 4. The zero-order chi connectivity index (χ0) is 24.6. The highest BCUT2D eigenvalue weighted by Crippen LogP contribution is 2.65. The standard InChI is InChI=1S/C23H22Cl2N2O7/c1-26-20(31)22(24)10-14-11(6-7-13-16(14)19(30)27(33)18(13)29)17(23(22,25)21(26)32)12-4-2-3-5-15(12)34-9-8-28/h2-6,13-14,16-17,28,33H,7-10H2,1H3. The second kappa shape index (κ2) is 7.78. The van der Waals surface area contributed by atoms with Crippen LogP contribution in [0.4, 0.5) is 0 Å². The van der Waals surface area contributed by atoms with E-state index in [-0.39, 0.29) is 31.1 Å². The number of benzene rings is 1. The van der Waals surface area contributed by atoms with Gasteiger partial charge >= 0.3 is 0 Å². The Bertz CT molecular complexity index is 1160. The van der Waals surface area contributed by atoms with Crippen LogP contribution in [-0.4, -0.2) is 73.9 Å². The third-order valence-corrected chi connectivity index (χ3v) is 8.98. The van der Waals surface area contributed by atoms with Crippen LogP contribution in [0.1, 0.15) is 24.3 Å². The summed E-state index contributed by atoms with van der Waals surface area (Å²) in [6, 6.07) is 6.79. The smallest absolute Gasteiger partial charge is 0.257 e. The zero-order valence-corrected chi connectivity index (χ0v) is 19.6. The Morgan fingerprint density at radius 2 is 1.79 bits per heavy atom. The monoisotopic (exact) mass is 508 g/mol. The van der Waals surface area contributed by atoms with Gasteiger partial charge in [-0.2, -0.15) is 5.06 Å². The molecule has 1 saturated carbocycles. The largest absolute Gasteiger partial charge is 0.491 e. The molecular weight excluding hydrogens is 487 g/mol. The van der Waals surface area contributed by atoms with Crippen molar-refractivity contribution < 1.29 is 34.2 Å². The van der Waals surface area contributed by atoms with Gasteiger partial charge in [0.05, 0.1) is 18.4 Å². The Kier molecular flexibility index (Phi) is 5.33. The molecule has 1 aromatic rings. The Balaban J connectivity index is 1.74. The first-order valence-electron chi connectivity index (χ1n) is 10.9. The van der Waals surface area contributed by atoms with Crippen LogP contribution < -0.4 is 4.74 Å². The molecule has 9 nitrogen and oxygen atoms in total. The van der Waals surface area contributed by atoms with Crippen molar-refractivity contribution >= 4 is 46.8 Å². The summed E-state index contributed by atoms with van der Waals surface area (Å²) in [6.07, 6.45) is 1.78. The molecular formula is C23H22Cl2N2O7. The first-order chi connectivity index (χ1) is 16.1. The van der Waals surface area contributed by atoms with Gasteiger partial charge in [-0.15, -0.1) is 23.2 Å². The number of rotatable bonds is 4. The lowest BCUT2D eigenvalue weighted by Crippen LogP contribution is -2.60. The molecule has 4 amide bonds. The van der Waals surface area contributed by atoms with E-state index in [2.05, 4.69) is 0 Å². The molecule has 6 atom stereocenters. The summed E-state index contributed by atoms with van der Waals surface area (Å²) in [6.45, 7) is -0.264. The SMILES string of the molecule is CN1C(=O)C2(Cl)CC3C(=CCC4C(=O)N(O)C(=O)C43)C(c3ccccc3OCCO)C2(Cl)C1=O. The summed E-state index contributed by atoms with van der Waals surface area (Å²) in [4.78, 5) is 49.2. The summed E-state index contributed by atoms with van der Waals surface area (Å²) < 4.78 is 5.72. The number of aliphatic hydroxyl groups excluding tert-OH is 1. The second-order valence-electron chi connectivity index (χ2n) is 9.10. The average molecular weight is 509 g/mol. The molecule has 2 aliphatic carbocycles. The average Bonchev–Trinajstić information content (AvgIpc) is 3.13. The fourth-order valence-electron chi connectivity index (χ4n) is 6.08. The van der Waals surface area contributed by atoms with Crippen LogP contribution in [0, 0.1) is 17.8 Å². The van der Waals surface area contributed by atoms with Gasteiger partial charge in [-0.05, 0) is 24.8 Å². The molecule has 2 heterocycles. The number of imide groups is 2. The maximum Gasteiger partial charge on any atom is 0.257 e. The lowest BCUT2D eigenvalue weighted by atomic mass is 9.56. The normalized spacial score (nSPS) is 36.9. The number of nitrogens with zero attached hydrogens (tertiary/aromatic N) is 2. The van der Waals surface area contributed by atoms with Crippen LogP contribution in [0.15, 0.2) is 35.9 Å².